The molecule has 20 heavy (non-hydrogen) atoms. The first-order chi connectivity index (χ1) is 9.00. The number of alkyl halides is 3. The Bertz CT molecular complexity index is 475. The summed E-state index contributed by atoms with van der Waals surface area (Å²) in [6.45, 7) is 5.78. The van der Waals surface area contributed by atoms with E-state index in [1.54, 1.807) is 0 Å². The molecular formula is C15H20F3NO. The van der Waals surface area contributed by atoms with Gasteiger partial charge in [-0.05, 0) is 17.0 Å². The number of halogens is 3. The lowest BCUT2D eigenvalue weighted by Crippen LogP contribution is -2.37. The van der Waals surface area contributed by atoms with Gasteiger partial charge < -0.3 is 5.73 Å². The van der Waals surface area contributed by atoms with Crippen molar-refractivity contribution < 1.29 is 18.0 Å². The highest BCUT2D eigenvalue weighted by molar-refractivity contribution is 5.81. The molecule has 0 amide bonds. The van der Waals surface area contributed by atoms with Crippen LogP contribution in [0.15, 0.2) is 24.3 Å². The molecule has 2 nitrogen and oxygen atoms in total. The summed E-state index contributed by atoms with van der Waals surface area (Å²) < 4.78 is 37.7. The maximum absolute atomic E-state index is 12.6. The van der Waals surface area contributed by atoms with E-state index in [2.05, 4.69) is 0 Å². The van der Waals surface area contributed by atoms with Crippen molar-refractivity contribution in [3.8, 4) is 0 Å². The molecule has 2 N–H and O–H groups in total. The lowest BCUT2D eigenvalue weighted by molar-refractivity contribution is -0.137. The van der Waals surface area contributed by atoms with Crippen molar-refractivity contribution >= 4 is 5.78 Å². The molecule has 0 bridgehead atoms. The van der Waals surface area contributed by atoms with Crippen LogP contribution in [0.2, 0.25) is 0 Å². The second-order valence-electron chi connectivity index (χ2n) is 6.09. The molecule has 1 aromatic rings. The van der Waals surface area contributed by atoms with Gasteiger partial charge in [0.2, 0.25) is 0 Å². The van der Waals surface area contributed by atoms with Crippen LogP contribution in [0.25, 0.3) is 0 Å². The summed E-state index contributed by atoms with van der Waals surface area (Å²) in [7, 11) is 0. The Labute approximate surface area is 117 Å². The molecule has 1 unspecified atom stereocenters. The Morgan fingerprint density at radius 2 is 1.85 bits per heavy atom. The molecule has 112 valence electrons. The standard InChI is InChI=1S/C15H20F3NO/c1-14(2,3)13(19)9-12(20)8-10-5-4-6-11(7-10)15(16,17)18/h4-7,13H,8-9,19H2,1-3H3. The molecular weight excluding hydrogens is 267 g/mol. The molecule has 0 spiro atoms. The molecule has 5 heteroatoms. The number of rotatable bonds is 4. The lowest BCUT2D eigenvalue weighted by atomic mass is 9.84. The minimum atomic E-state index is -4.39. The molecule has 0 aliphatic carbocycles. The summed E-state index contributed by atoms with van der Waals surface area (Å²) >= 11 is 0. The Hall–Kier alpha value is -1.36. The van der Waals surface area contributed by atoms with Crippen LogP contribution in [-0.2, 0) is 17.4 Å². The molecule has 0 fully saturated rings. The van der Waals surface area contributed by atoms with Crippen molar-refractivity contribution in [3.05, 3.63) is 35.4 Å². The number of benzene rings is 1. The summed E-state index contributed by atoms with van der Waals surface area (Å²) in [5.74, 6) is -0.147. The second-order valence-corrected chi connectivity index (χ2v) is 6.09. The molecule has 0 saturated carbocycles. The van der Waals surface area contributed by atoms with Crippen LogP contribution in [0, 0.1) is 5.41 Å². The quantitative estimate of drug-likeness (QED) is 0.919. The Kier molecular flexibility index (Phi) is 4.97. The minimum absolute atomic E-state index is 0.0201. The summed E-state index contributed by atoms with van der Waals surface area (Å²) in [4.78, 5) is 11.9. The van der Waals surface area contributed by atoms with E-state index in [9.17, 15) is 18.0 Å². The van der Waals surface area contributed by atoms with Crippen molar-refractivity contribution in [3.63, 3.8) is 0 Å². The molecule has 0 saturated heterocycles. The van der Waals surface area contributed by atoms with Gasteiger partial charge in [-0.2, -0.15) is 13.2 Å². The van der Waals surface area contributed by atoms with Gasteiger partial charge in [-0.1, -0.05) is 39.0 Å². The van der Waals surface area contributed by atoms with Gasteiger partial charge in [-0.15, -0.1) is 0 Å². The summed E-state index contributed by atoms with van der Waals surface area (Å²) in [6, 6.07) is 4.54. The maximum atomic E-state index is 12.6. The van der Waals surface area contributed by atoms with Crippen molar-refractivity contribution in [1.82, 2.24) is 0 Å². The largest absolute Gasteiger partial charge is 0.416 e. The average Bonchev–Trinajstić information content (AvgIpc) is 2.26. The fraction of sp³-hybridized carbons (Fsp3) is 0.533. The SMILES string of the molecule is CC(C)(C)C(N)CC(=O)Cc1cccc(C(F)(F)F)c1. The van der Waals surface area contributed by atoms with Gasteiger partial charge in [0.1, 0.15) is 5.78 Å². The Morgan fingerprint density at radius 3 is 2.35 bits per heavy atom. The number of nitrogens with two attached hydrogens (primary N) is 1. The van der Waals surface area contributed by atoms with Crippen LogP contribution < -0.4 is 5.73 Å². The maximum Gasteiger partial charge on any atom is 0.416 e. The fourth-order valence-corrected chi connectivity index (χ4v) is 1.71. The zero-order valence-electron chi connectivity index (χ0n) is 11.9. The van der Waals surface area contributed by atoms with Gasteiger partial charge in [0.25, 0.3) is 0 Å². The van der Waals surface area contributed by atoms with Crippen LogP contribution in [0.4, 0.5) is 13.2 Å². The molecule has 0 radical (unpaired) electrons. The number of hydrogen-bond acceptors (Lipinski definition) is 2. The first-order valence-electron chi connectivity index (χ1n) is 6.43. The van der Waals surface area contributed by atoms with E-state index in [1.807, 2.05) is 20.8 Å². The summed E-state index contributed by atoms with van der Waals surface area (Å²) in [5.41, 5.74) is 5.33. The highest BCUT2D eigenvalue weighted by Crippen LogP contribution is 2.29. The molecule has 0 aliphatic rings. The third kappa shape index (κ3) is 4.96. The Balaban J connectivity index is 2.72. The van der Waals surface area contributed by atoms with Gasteiger partial charge in [-0.3, -0.25) is 4.79 Å². The van der Waals surface area contributed by atoms with Crippen LogP contribution in [0.3, 0.4) is 0 Å². The van der Waals surface area contributed by atoms with Crippen molar-refractivity contribution in [2.24, 2.45) is 11.1 Å². The van der Waals surface area contributed by atoms with E-state index in [1.165, 1.54) is 12.1 Å². The molecule has 1 aromatic carbocycles. The number of ketones is 1. The highest BCUT2D eigenvalue weighted by Gasteiger charge is 2.30. The molecule has 0 aliphatic heterocycles. The van der Waals surface area contributed by atoms with Gasteiger partial charge in [0.05, 0.1) is 5.56 Å². The first-order valence-corrected chi connectivity index (χ1v) is 6.43. The summed E-state index contributed by atoms with van der Waals surface area (Å²) in [5, 5.41) is 0. The van der Waals surface area contributed by atoms with E-state index >= 15 is 0 Å². The first kappa shape index (κ1) is 16.7. The number of carbonyl (C=O) groups is 1. The predicted octanol–water partition coefficient (Wildman–Crippen LogP) is 3.58. The second kappa shape index (κ2) is 5.95. The van der Waals surface area contributed by atoms with Gasteiger partial charge in [0.15, 0.2) is 0 Å². The van der Waals surface area contributed by atoms with Crippen LogP contribution in [0.1, 0.15) is 38.3 Å². The smallest absolute Gasteiger partial charge is 0.327 e. The van der Waals surface area contributed by atoms with E-state index in [-0.39, 0.29) is 30.1 Å². The number of carbonyl (C=O) groups excluding carboxylic acids is 1. The van der Waals surface area contributed by atoms with Crippen LogP contribution in [0.5, 0.6) is 0 Å². The van der Waals surface area contributed by atoms with E-state index in [4.69, 9.17) is 5.73 Å². The average molecular weight is 287 g/mol. The lowest BCUT2D eigenvalue weighted by Gasteiger charge is -2.26. The van der Waals surface area contributed by atoms with Gasteiger partial charge >= 0.3 is 6.18 Å². The van der Waals surface area contributed by atoms with Gasteiger partial charge in [-0.25, -0.2) is 0 Å². The zero-order chi connectivity index (χ0) is 15.6. The minimum Gasteiger partial charge on any atom is -0.327 e. The number of hydrogen-bond donors (Lipinski definition) is 1. The zero-order valence-corrected chi connectivity index (χ0v) is 11.9. The van der Waals surface area contributed by atoms with E-state index < -0.39 is 11.7 Å². The summed E-state index contributed by atoms with van der Waals surface area (Å²) in [6.07, 6.45) is -4.24. The monoisotopic (exact) mass is 287 g/mol. The van der Waals surface area contributed by atoms with Gasteiger partial charge in [0, 0.05) is 18.9 Å². The number of Topliss-reactive ketones (excluding diaryl/α,β-unsaturated/α-hetero) is 1. The van der Waals surface area contributed by atoms with Crippen LogP contribution >= 0.6 is 0 Å². The van der Waals surface area contributed by atoms with E-state index in [0.29, 0.717) is 5.56 Å². The molecule has 1 rings (SSSR count). The topological polar surface area (TPSA) is 43.1 Å². The third-order valence-corrected chi connectivity index (χ3v) is 3.22. The Morgan fingerprint density at radius 1 is 1.25 bits per heavy atom. The molecule has 1 atom stereocenters. The third-order valence-electron chi connectivity index (χ3n) is 3.22. The normalized spacial score (nSPS) is 14.2. The van der Waals surface area contributed by atoms with Crippen molar-refractivity contribution in [1.29, 1.82) is 0 Å². The van der Waals surface area contributed by atoms with E-state index in [0.717, 1.165) is 12.1 Å². The fourth-order valence-electron chi connectivity index (χ4n) is 1.71. The highest BCUT2D eigenvalue weighted by atomic mass is 19.4. The predicted molar refractivity (Wildman–Crippen MR) is 72.2 cm³/mol. The molecule has 0 heterocycles. The molecule has 0 aromatic heterocycles. The van der Waals surface area contributed by atoms with Crippen molar-refractivity contribution in [2.75, 3.05) is 0 Å². The van der Waals surface area contributed by atoms with Crippen LogP contribution in [-0.4, -0.2) is 11.8 Å². The van der Waals surface area contributed by atoms with Crippen molar-refractivity contribution in [2.45, 2.75) is 45.8 Å².